The van der Waals surface area contributed by atoms with Gasteiger partial charge in [0.15, 0.2) is 6.10 Å². The van der Waals surface area contributed by atoms with Crippen LogP contribution in [0.1, 0.15) is 42.9 Å². The normalized spacial score (nSPS) is 27.7. The van der Waals surface area contributed by atoms with Gasteiger partial charge in [0.25, 0.3) is 0 Å². The van der Waals surface area contributed by atoms with Crippen molar-refractivity contribution >= 4 is 17.6 Å². The molecule has 30 heavy (non-hydrogen) atoms. The first-order valence-corrected chi connectivity index (χ1v) is 11.0. The predicted molar refractivity (Wildman–Crippen MR) is 113 cm³/mol. The number of halogens is 1. The number of hydrogen-bond acceptors (Lipinski definition) is 6. The lowest BCUT2D eigenvalue weighted by Crippen LogP contribution is -2.57. The summed E-state index contributed by atoms with van der Waals surface area (Å²) in [6.07, 6.45) is 6.69. The highest BCUT2D eigenvalue weighted by Gasteiger charge is 2.38. The van der Waals surface area contributed by atoms with Gasteiger partial charge in [0.1, 0.15) is 0 Å². The van der Waals surface area contributed by atoms with Crippen molar-refractivity contribution in [2.75, 3.05) is 20.3 Å². The second kappa shape index (κ2) is 9.45. The standard InChI is InChI=1S/C22H29ClN4O3/c1-26-12-20(24-25-26)16-5-9-18(10-6-16)27-13-21(22(28)29-2)30-14-19(27)11-15-3-7-17(23)8-4-15/h3-4,7-8,12,16,18-19,21H,5-6,9-11,13-14H2,1-2H3/t16?,18?,19-,21+/m0/s1. The Morgan fingerprint density at radius 1 is 1.23 bits per heavy atom. The van der Waals surface area contributed by atoms with E-state index in [9.17, 15) is 4.79 Å². The molecule has 0 bridgehead atoms. The van der Waals surface area contributed by atoms with Gasteiger partial charge in [-0.3, -0.25) is 9.58 Å². The Kier molecular flexibility index (Phi) is 6.71. The van der Waals surface area contributed by atoms with Gasteiger partial charge in [-0.2, -0.15) is 0 Å². The van der Waals surface area contributed by atoms with Gasteiger partial charge in [0.2, 0.25) is 0 Å². The quantitative estimate of drug-likeness (QED) is 0.676. The van der Waals surface area contributed by atoms with Crippen molar-refractivity contribution < 1.29 is 14.3 Å². The van der Waals surface area contributed by atoms with Gasteiger partial charge in [-0.25, -0.2) is 4.79 Å². The Labute approximate surface area is 182 Å². The number of hydrogen-bond donors (Lipinski definition) is 0. The van der Waals surface area contributed by atoms with E-state index < -0.39 is 6.10 Å². The zero-order valence-electron chi connectivity index (χ0n) is 17.5. The van der Waals surface area contributed by atoms with E-state index in [1.54, 1.807) is 4.68 Å². The average Bonchev–Trinajstić information content (AvgIpc) is 3.21. The molecule has 2 fully saturated rings. The smallest absolute Gasteiger partial charge is 0.336 e. The van der Waals surface area contributed by atoms with Crippen LogP contribution in [0.5, 0.6) is 0 Å². The molecule has 2 heterocycles. The number of carbonyl (C=O) groups is 1. The van der Waals surface area contributed by atoms with Crippen LogP contribution < -0.4 is 0 Å². The SMILES string of the molecule is COC(=O)[C@H]1CN(C2CCC(c3cn(C)nn3)CC2)[C@@H](Cc2ccc(Cl)cc2)CO1. The van der Waals surface area contributed by atoms with Crippen molar-refractivity contribution in [1.29, 1.82) is 0 Å². The Hall–Kier alpha value is -1.96. The Morgan fingerprint density at radius 2 is 1.97 bits per heavy atom. The molecule has 1 aromatic carbocycles. The maximum absolute atomic E-state index is 12.1. The topological polar surface area (TPSA) is 69.5 Å². The van der Waals surface area contributed by atoms with Crippen molar-refractivity contribution in [3.05, 3.63) is 46.7 Å². The summed E-state index contributed by atoms with van der Waals surface area (Å²) in [7, 11) is 3.33. The van der Waals surface area contributed by atoms with Crippen LogP contribution in [0.25, 0.3) is 0 Å². The van der Waals surface area contributed by atoms with Crippen molar-refractivity contribution in [2.24, 2.45) is 7.05 Å². The third-order valence-corrected chi connectivity index (χ3v) is 6.64. The van der Waals surface area contributed by atoms with E-state index >= 15 is 0 Å². The molecule has 8 heteroatoms. The maximum Gasteiger partial charge on any atom is 0.336 e. The fourth-order valence-electron chi connectivity index (χ4n) is 4.76. The monoisotopic (exact) mass is 432 g/mol. The first-order chi connectivity index (χ1) is 14.5. The Balaban J connectivity index is 1.45. The number of morpholine rings is 1. The summed E-state index contributed by atoms with van der Waals surface area (Å²) < 4.78 is 12.6. The molecule has 0 radical (unpaired) electrons. The van der Waals surface area contributed by atoms with Gasteiger partial charge in [-0.15, -0.1) is 5.10 Å². The van der Waals surface area contributed by atoms with E-state index in [2.05, 4.69) is 27.3 Å². The third kappa shape index (κ3) is 4.85. The number of aryl methyl sites for hydroxylation is 1. The first-order valence-electron chi connectivity index (χ1n) is 10.6. The van der Waals surface area contributed by atoms with E-state index in [1.807, 2.05) is 25.4 Å². The molecule has 2 atom stereocenters. The highest BCUT2D eigenvalue weighted by molar-refractivity contribution is 6.30. The van der Waals surface area contributed by atoms with Crippen LogP contribution in [0.4, 0.5) is 0 Å². The van der Waals surface area contributed by atoms with Crippen LogP contribution in [0.3, 0.4) is 0 Å². The zero-order chi connectivity index (χ0) is 21.1. The van der Waals surface area contributed by atoms with Crippen LogP contribution in [-0.4, -0.2) is 64.3 Å². The lowest BCUT2D eigenvalue weighted by molar-refractivity contribution is -0.165. The van der Waals surface area contributed by atoms with Gasteiger partial charge in [0, 0.05) is 42.8 Å². The van der Waals surface area contributed by atoms with Gasteiger partial charge in [-0.1, -0.05) is 28.9 Å². The number of methoxy groups -OCH3 is 1. The maximum atomic E-state index is 12.1. The summed E-state index contributed by atoms with van der Waals surface area (Å²) in [5.41, 5.74) is 2.31. The van der Waals surface area contributed by atoms with Crippen LogP contribution in [0, 0.1) is 0 Å². The predicted octanol–water partition coefficient (Wildman–Crippen LogP) is 2.98. The van der Waals surface area contributed by atoms with E-state index in [4.69, 9.17) is 21.1 Å². The highest BCUT2D eigenvalue weighted by Crippen LogP contribution is 2.35. The molecule has 1 aliphatic heterocycles. The van der Waals surface area contributed by atoms with Crippen LogP contribution in [0.2, 0.25) is 5.02 Å². The minimum atomic E-state index is -0.519. The summed E-state index contributed by atoms with van der Waals surface area (Å²) in [4.78, 5) is 14.6. The lowest BCUT2D eigenvalue weighted by Gasteiger charge is -2.45. The number of benzene rings is 1. The van der Waals surface area contributed by atoms with E-state index in [0.717, 1.165) is 42.8 Å². The molecular formula is C22H29ClN4O3. The molecule has 4 rings (SSSR count). The molecule has 1 aromatic heterocycles. The fraction of sp³-hybridized carbons (Fsp3) is 0.591. The summed E-state index contributed by atoms with van der Waals surface area (Å²) >= 11 is 6.04. The summed E-state index contributed by atoms with van der Waals surface area (Å²) in [5, 5.41) is 9.13. The molecule has 7 nitrogen and oxygen atoms in total. The first kappa shape index (κ1) is 21.3. The number of esters is 1. The highest BCUT2D eigenvalue weighted by atomic mass is 35.5. The van der Waals surface area contributed by atoms with Crippen molar-refractivity contribution in [3.8, 4) is 0 Å². The third-order valence-electron chi connectivity index (χ3n) is 6.39. The number of aromatic nitrogens is 3. The number of carbonyl (C=O) groups excluding carboxylic acids is 1. The molecule has 1 aliphatic carbocycles. The lowest BCUT2D eigenvalue weighted by atomic mass is 9.82. The van der Waals surface area contributed by atoms with Crippen molar-refractivity contribution in [3.63, 3.8) is 0 Å². The van der Waals surface area contributed by atoms with Crippen LogP contribution >= 0.6 is 11.6 Å². The average molecular weight is 433 g/mol. The van der Waals surface area contributed by atoms with E-state index in [0.29, 0.717) is 25.1 Å². The van der Waals surface area contributed by atoms with Crippen LogP contribution in [0.15, 0.2) is 30.5 Å². The van der Waals surface area contributed by atoms with E-state index in [1.165, 1.54) is 12.7 Å². The second-order valence-corrected chi connectivity index (χ2v) is 8.79. The summed E-state index contributed by atoms with van der Waals surface area (Å²) in [5.74, 6) is 0.167. The minimum Gasteiger partial charge on any atom is -0.467 e. The molecule has 2 aliphatic rings. The molecule has 162 valence electrons. The molecule has 0 amide bonds. The number of ether oxygens (including phenoxy) is 2. The molecule has 1 saturated heterocycles. The van der Waals surface area contributed by atoms with Gasteiger partial charge in [0.05, 0.1) is 19.4 Å². The molecule has 1 saturated carbocycles. The second-order valence-electron chi connectivity index (χ2n) is 8.35. The Morgan fingerprint density at radius 3 is 2.60 bits per heavy atom. The summed E-state index contributed by atoms with van der Waals surface area (Å²) in [6.45, 7) is 1.10. The van der Waals surface area contributed by atoms with E-state index in [-0.39, 0.29) is 12.0 Å². The van der Waals surface area contributed by atoms with Gasteiger partial charge >= 0.3 is 5.97 Å². The zero-order valence-corrected chi connectivity index (χ0v) is 18.3. The summed E-state index contributed by atoms with van der Waals surface area (Å²) in [6, 6.07) is 8.63. The molecular weight excluding hydrogens is 404 g/mol. The van der Waals surface area contributed by atoms with Gasteiger partial charge in [-0.05, 0) is 49.8 Å². The van der Waals surface area contributed by atoms with Gasteiger partial charge < -0.3 is 9.47 Å². The Bertz CT molecular complexity index is 848. The largest absolute Gasteiger partial charge is 0.467 e. The molecule has 0 unspecified atom stereocenters. The van der Waals surface area contributed by atoms with Crippen LogP contribution in [-0.2, 0) is 27.7 Å². The minimum absolute atomic E-state index is 0.227. The molecule has 0 N–H and O–H groups in total. The van der Waals surface area contributed by atoms with Crippen molar-refractivity contribution in [1.82, 2.24) is 19.9 Å². The number of nitrogens with zero attached hydrogens (tertiary/aromatic N) is 4. The fourth-order valence-corrected chi connectivity index (χ4v) is 4.89. The van der Waals surface area contributed by atoms with Crippen molar-refractivity contribution in [2.45, 2.75) is 56.2 Å². The molecule has 2 aromatic rings. The molecule has 0 spiro atoms. The number of rotatable bonds is 5.